The molecule has 4 rings (SSSR count). The predicted octanol–water partition coefficient (Wildman–Crippen LogP) is 3.76. The molecule has 2 aromatic carbocycles. The van der Waals surface area contributed by atoms with E-state index in [1.54, 1.807) is 30.5 Å². The second kappa shape index (κ2) is 11.0. The highest BCUT2D eigenvalue weighted by atomic mass is 35.5. The number of halogens is 2. The van der Waals surface area contributed by atoms with Crippen LogP contribution in [0.25, 0.3) is 22.2 Å². The monoisotopic (exact) mass is 542 g/mol. The van der Waals surface area contributed by atoms with Crippen molar-refractivity contribution in [2.24, 2.45) is 0 Å². The predicted molar refractivity (Wildman–Crippen MR) is 145 cm³/mol. The summed E-state index contributed by atoms with van der Waals surface area (Å²) in [5.74, 6) is -0.320. The van der Waals surface area contributed by atoms with Gasteiger partial charge >= 0.3 is 0 Å². The van der Waals surface area contributed by atoms with Crippen LogP contribution in [0, 0.1) is 0 Å². The van der Waals surface area contributed by atoms with E-state index in [9.17, 15) is 14.7 Å². The van der Waals surface area contributed by atoms with E-state index < -0.39 is 11.5 Å². The van der Waals surface area contributed by atoms with Gasteiger partial charge in [-0.15, -0.1) is 4.73 Å². The second-order valence-corrected chi connectivity index (χ2v) is 9.17. The Morgan fingerprint density at radius 2 is 1.86 bits per heavy atom. The van der Waals surface area contributed by atoms with Crippen LogP contribution in [0.15, 0.2) is 53.5 Å². The molecule has 0 aliphatic rings. The first kappa shape index (κ1) is 26.2. The van der Waals surface area contributed by atoms with Gasteiger partial charge in [-0.2, -0.15) is 4.98 Å². The van der Waals surface area contributed by atoms with Gasteiger partial charge in [0.2, 0.25) is 5.95 Å². The molecule has 1 amide bonds. The van der Waals surface area contributed by atoms with Crippen LogP contribution in [0.2, 0.25) is 10.0 Å². The highest BCUT2D eigenvalue weighted by Crippen LogP contribution is 2.31. The Morgan fingerprint density at radius 1 is 1.11 bits per heavy atom. The van der Waals surface area contributed by atoms with Crippen molar-refractivity contribution in [2.45, 2.75) is 0 Å². The molecule has 0 saturated heterocycles. The molecule has 0 spiro atoms. The van der Waals surface area contributed by atoms with Crippen molar-refractivity contribution < 1.29 is 14.7 Å². The molecule has 37 heavy (non-hydrogen) atoms. The van der Waals surface area contributed by atoms with E-state index in [0.29, 0.717) is 39.8 Å². The summed E-state index contributed by atoms with van der Waals surface area (Å²) >= 11 is 12.3. The van der Waals surface area contributed by atoms with Gasteiger partial charge in [0.1, 0.15) is 12.9 Å². The summed E-state index contributed by atoms with van der Waals surface area (Å²) in [6, 6.07) is 10.5. The maximum absolute atomic E-state index is 13.4. The van der Waals surface area contributed by atoms with Gasteiger partial charge in [0.25, 0.3) is 11.5 Å². The number of carbonyl (C=O) groups excluding carboxylic acids is 1. The van der Waals surface area contributed by atoms with E-state index in [1.165, 1.54) is 25.3 Å². The summed E-state index contributed by atoms with van der Waals surface area (Å²) in [5.41, 5.74) is 1.01. The number of rotatable bonds is 8. The van der Waals surface area contributed by atoms with Crippen LogP contribution in [0.5, 0.6) is 5.75 Å². The van der Waals surface area contributed by atoms with E-state index in [1.807, 2.05) is 19.0 Å². The van der Waals surface area contributed by atoms with Crippen molar-refractivity contribution >= 4 is 51.8 Å². The molecule has 0 aliphatic carbocycles. The fourth-order valence-corrected chi connectivity index (χ4v) is 3.91. The van der Waals surface area contributed by atoms with Crippen LogP contribution in [0.4, 0.5) is 11.6 Å². The number of nitrogens with zero attached hydrogens (tertiary/aromatic N) is 4. The number of nitrogens with one attached hydrogen (secondary N) is 2. The first-order valence-electron chi connectivity index (χ1n) is 11.1. The number of likely N-dealkylation sites (N-methyl/N-ethyl adjacent to an activating group) is 1. The molecule has 0 aliphatic heterocycles. The van der Waals surface area contributed by atoms with Crippen molar-refractivity contribution in [3.63, 3.8) is 0 Å². The van der Waals surface area contributed by atoms with Gasteiger partial charge in [-0.1, -0.05) is 23.2 Å². The number of phenolic OH excluding ortho intramolecular Hbond substituents is 1. The van der Waals surface area contributed by atoms with Gasteiger partial charge in [-0.05, 0) is 56.6 Å². The maximum Gasteiger partial charge on any atom is 0.293 e. The third kappa shape index (κ3) is 5.77. The highest BCUT2D eigenvalue weighted by molar-refractivity contribution is 6.33. The number of aromatic hydroxyl groups is 1. The zero-order valence-corrected chi connectivity index (χ0v) is 21.8. The Hall–Kier alpha value is -3.86. The number of pyridine rings is 1. The fourth-order valence-electron chi connectivity index (χ4n) is 3.57. The molecule has 0 atom stereocenters. The molecule has 2 heterocycles. The van der Waals surface area contributed by atoms with Gasteiger partial charge in [0, 0.05) is 46.5 Å². The zero-order chi connectivity index (χ0) is 26.7. The molecule has 0 radical (unpaired) electrons. The van der Waals surface area contributed by atoms with Crippen molar-refractivity contribution in [3.05, 3.63) is 74.6 Å². The number of aromatic nitrogens is 3. The van der Waals surface area contributed by atoms with Crippen LogP contribution in [-0.4, -0.2) is 64.9 Å². The summed E-state index contributed by atoms with van der Waals surface area (Å²) < 4.78 is 1.07. The number of hydrogen-bond acceptors (Lipinski definition) is 8. The summed E-state index contributed by atoms with van der Waals surface area (Å²) in [5, 5.41) is 16.6. The average molecular weight is 543 g/mol. The SMILES string of the molecule is COn1c(=O)c(-c2cc(NC(=O)c3ccc(Cl)c(O)c3)ccc2Cl)cc2cnc(NCCN(C)C)nc21. The van der Waals surface area contributed by atoms with Crippen LogP contribution < -0.4 is 21.0 Å². The van der Waals surface area contributed by atoms with Crippen LogP contribution in [-0.2, 0) is 0 Å². The van der Waals surface area contributed by atoms with E-state index in [4.69, 9.17) is 28.0 Å². The number of benzene rings is 2. The zero-order valence-electron chi connectivity index (χ0n) is 20.2. The third-order valence-electron chi connectivity index (χ3n) is 5.45. The molecule has 0 bridgehead atoms. The number of hydrogen-bond donors (Lipinski definition) is 3. The molecule has 2 aromatic heterocycles. The minimum Gasteiger partial charge on any atom is -0.506 e. The van der Waals surface area contributed by atoms with E-state index in [0.717, 1.165) is 11.3 Å². The van der Waals surface area contributed by atoms with Crippen LogP contribution in [0.3, 0.4) is 0 Å². The Morgan fingerprint density at radius 3 is 2.57 bits per heavy atom. The minimum atomic E-state index is -0.485. The summed E-state index contributed by atoms with van der Waals surface area (Å²) in [6.45, 7) is 1.40. The maximum atomic E-state index is 13.4. The summed E-state index contributed by atoms with van der Waals surface area (Å²) in [6.07, 6.45) is 1.59. The first-order valence-corrected chi connectivity index (χ1v) is 11.9. The summed E-state index contributed by atoms with van der Waals surface area (Å²) in [7, 11) is 5.29. The topological polar surface area (TPSA) is 122 Å². The van der Waals surface area contributed by atoms with Crippen molar-refractivity contribution in [1.29, 1.82) is 0 Å². The smallest absolute Gasteiger partial charge is 0.293 e. The standard InChI is InChI=1S/C25H24Cl2N6O4/c1-32(2)9-8-28-25-29-13-15-10-18(24(36)33(37-3)22(15)31-25)17-12-16(5-7-19(17)26)30-23(35)14-4-6-20(27)21(34)11-14/h4-7,10-13,34H,8-9H2,1-3H3,(H,30,35)(H,28,29,31). The largest absolute Gasteiger partial charge is 0.506 e. The summed E-state index contributed by atoms with van der Waals surface area (Å²) in [4.78, 5) is 42.2. The van der Waals surface area contributed by atoms with Gasteiger partial charge in [-0.25, -0.2) is 4.98 Å². The molecule has 0 fully saturated rings. The fraction of sp³-hybridized carbons (Fsp3) is 0.200. The van der Waals surface area contributed by atoms with Crippen molar-refractivity contribution in [2.75, 3.05) is 44.9 Å². The number of anilines is 2. The lowest BCUT2D eigenvalue weighted by Gasteiger charge is -2.14. The Bertz CT molecular complexity index is 1540. The van der Waals surface area contributed by atoms with E-state index in [-0.39, 0.29) is 21.9 Å². The molecule has 4 aromatic rings. The molecular formula is C25H24Cl2N6O4. The Labute approximate surface area is 222 Å². The number of amides is 1. The molecular weight excluding hydrogens is 519 g/mol. The highest BCUT2D eigenvalue weighted by Gasteiger charge is 2.17. The minimum absolute atomic E-state index is 0.136. The first-order chi connectivity index (χ1) is 17.7. The van der Waals surface area contributed by atoms with Gasteiger partial charge in [0.15, 0.2) is 5.65 Å². The number of fused-ring (bicyclic) bond motifs is 1. The average Bonchev–Trinajstić information content (AvgIpc) is 2.86. The normalized spacial score (nSPS) is 11.1. The lowest BCUT2D eigenvalue weighted by atomic mass is 10.1. The molecule has 3 N–H and O–H groups in total. The Balaban J connectivity index is 1.70. The third-order valence-corrected chi connectivity index (χ3v) is 6.10. The number of carbonyl (C=O) groups is 1. The Kier molecular flexibility index (Phi) is 7.82. The van der Waals surface area contributed by atoms with Gasteiger partial charge in [-0.3, -0.25) is 9.59 Å². The van der Waals surface area contributed by atoms with Gasteiger partial charge in [0.05, 0.1) is 10.6 Å². The van der Waals surface area contributed by atoms with E-state index >= 15 is 0 Å². The molecule has 12 heteroatoms. The quantitative estimate of drug-likeness (QED) is 0.307. The van der Waals surface area contributed by atoms with Crippen molar-refractivity contribution in [3.8, 4) is 16.9 Å². The van der Waals surface area contributed by atoms with Gasteiger partial charge < -0.3 is 25.5 Å². The van der Waals surface area contributed by atoms with Crippen LogP contribution in [0.1, 0.15) is 10.4 Å². The molecule has 192 valence electrons. The molecule has 0 unspecified atom stereocenters. The molecule has 10 nitrogen and oxygen atoms in total. The second-order valence-electron chi connectivity index (χ2n) is 8.36. The number of phenols is 1. The van der Waals surface area contributed by atoms with Crippen molar-refractivity contribution in [1.82, 2.24) is 19.6 Å². The van der Waals surface area contributed by atoms with E-state index in [2.05, 4.69) is 20.6 Å². The lowest BCUT2D eigenvalue weighted by molar-refractivity contribution is 0.102. The van der Waals surface area contributed by atoms with Crippen LogP contribution >= 0.6 is 23.2 Å². The lowest BCUT2D eigenvalue weighted by Crippen LogP contribution is -2.28. The molecule has 0 saturated carbocycles.